The summed E-state index contributed by atoms with van der Waals surface area (Å²) in [6.07, 6.45) is 7.07. The van der Waals surface area contributed by atoms with E-state index in [1.165, 1.54) is 0 Å². The van der Waals surface area contributed by atoms with E-state index in [2.05, 4.69) is 4.98 Å². The molecule has 1 N–H and O–H groups in total. The van der Waals surface area contributed by atoms with E-state index in [4.69, 9.17) is 4.74 Å². The molecule has 76 valence electrons. The Hall–Kier alpha value is -1.09. The first kappa shape index (κ1) is 9.46. The fraction of sp³-hybridized carbons (Fsp3) is 0.545. The SMILES string of the molecule is O[C@@H]1CCCC[C@H]1Oc1cccnc1. The third-order valence-electron chi connectivity index (χ3n) is 2.59. The molecule has 1 aliphatic carbocycles. The number of hydrogen-bond acceptors (Lipinski definition) is 3. The van der Waals surface area contributed by atoms with Crippen LogP contribution >= 0.6 is 0 Å². The van der Waals surface area contributed by atoms with Crippen LogP contribution in [-0.4, -0.2) is 22.3 Å². The first-order valence-corrected chi connectivity index (χ1v) is 5.11. The zero-order valence-electron chi connectivity index (χ0n) is 8.10. The van der Waals surface area contributed by atoms with Crippen molar-refractivity contribution in [2.75, 3.05) is 0 Å². The topological polar surface area (TPSA) is 42.4 Å². The smallest absolute Gasteiger partial charge is 0.138 e. The van der Waals surface area contributed by atoms with Gasteiger partial charge < -0.3 is 9.84 Å². The molecule has 1 saturated carbocycles. The molecule has 3 heteroatoms. The molecule has 14 heavy (non-hydrogen) atoms. The third-order valence-corrected chi connectivity index (χ3v) is 2.59. The minimum atomic E-state index is -0.316. The monoisotopic (exact) mass is 193 g/mol. The molecule has 0 unspecified atom stereocenters. The summed E-state index contributed by atoms with van der Waals surface area (Å²) >= 11 is 0. The van der Waals surface area contributed by atoms with Crippen LogP contribution in [0.4, 0.5) is 0 Å². The van der Waals surface area contributed by atoms with E-state index in [0.29, 0.717) is 0 Å². The Balaban J connectivity index is 1.96. The highest BCUT2D eigenvalue weighted by atomic mass is 16.5. The van der Waals surface area contributed by atoms with Crippen LogP contribution in [0.3, 0.4) is 0 Å². The van der Waals surface area contributed by atoms with Crippen LogP contribution in [0.15, 0.2) is 24.5 Å². The Morgan fingerprint density at radius 3 is 2.93 bits per heavy atom. The molecule has 2 rings (SSSR count). The molecular formula is C11H15NO2. The molecule has 0 radical (unpaired) electrons. The number of aromatic nitrogens is 1. The van der Waals surface area contributed by atoms with Crippen molar-refractivity contribution in [3.05, 3.63) is 24.5 Å². The quantitative estimate of drug-likeness (QED) is 0.778. The lowest BCUT2D eigenvalue weighted by Crippen LogP contribution is -2.34. The van der Waals surface area contributed by atoms with Crippen LogP contribution < -0.4 is 4.74 Å². The number of nitrogens with zero attached hydrogens (tertiary/aromatic N) is 1. The molecule has 0 spiro atoms. The van der Waals surface area contributed by atoms with E-state index < -0.39 is 0 Å². The Bertz CT molecular complexity index is 276. The van der Waals surface area contributed by atoms with E-state index in [9.17, 15) is 5.11 Å². The zero-order valence-corrected chi connectivity index (χ0v) is 8.10. The van der Waals surface area contributed by atoms with E-state index in [1.807, 2.05) is 12.1 Å². The second-order valence-corrected chi connectivity index (χ2v) is 3.70. The molecular weight excluding hydrogens is 178 g/mol. The van der Waals surface area contributed by atoms with Gasteiger partial charge in [-0.2, -0.15) is 0 Å². The number of hydrogen-bond donors (Lipinski definition) is 1. The standard InChI is InChI=1S/C11H15NO2/c13-10-5-1-2-6-11(10)14-9-4-3-7-12-8-9/h3-4,7-8,10-11,13H,1-2,5-6H2/t10-,11-/m1/s1. The van der Waals surface area contributed by atoms with E-state index in [-0.39, 0.29) is 12.2 Å². The molecule has 3 nitrogen and oxygen atoms in total. The molecule has 1 aromatic heterocycles. The van der Waals surface area contributed by atoms with E-state index in [0.717, 1.165) is 31.4 Å². The second-order valence-electron chi connectivity index (χ2n) is 3.70. The Morgan fingerprint density at radius 1 is 1.36 bits per heavy atom. The molecule has 0 bridgehead atoms. The van der Waals surface area contributed by atoms with Crippen LogP contribution in [0, 0.1) is 0 Å². The highest BCUT2D eigenvalue weighted by molar-refractivity contribution is 5.16. The van der Waals surface area contributed by atoms with Crippen LogP contribution in [0.1, 0.15) is 25.7 Å². The van der Waals surface area contributed by atoms with Gasteiger partial charge in [-0.1, -0.05) is 6.42 Å². The maximum absolute atomic E-state index is 9.68. The summed E-state index contributed by atoms with van der Waals surface area (Å²) in [6, 6.07) is 3.71. The van der Waals surface area contributed by atoms with Crippen molar-refractivity contribution >= 4 is 0 Å². The van der Waals surface area contributed by atoms with Gasteiger partial charge in [-0.05, 0) is 31.4 Å². The maximum atomic E-state index is 9.68. The predicted molar refractivity (Wildman–Crippen MR) is 53.1 cm³/mol. The van der Waals surface area contributed by atoms with Gasteiger partial charge in [0.1, 0.15) is 11.9 Å². The van der Waals surface area contributed by atoms with Crippen molar-refractivity contribution in [3.63, 3.8) is 0 Å². The molecule has 1 aromatic rings. The lowest BCUT2D eigenvalue weighted by atomic mass is 9.95. The molecule has 0 aromatic carbocycles. The van der Waals surface area contributed by atoms with Gasteiger partial charge >= 0.3 is 0 Å². The van der Waals surface area contributed by atoms with Crippen LogP contribution in [0.25, 0.3) is 0 Å². The van der Waals surface area contributed by atoms with Gasteiger partial charge in [0.2, 0.25) is 0 Å². The van der Waals surface area contributed by atoms with Crippen molar-refractivity contribution in [2.24, 2.45) is 0 Å². The van der Waals surface area contributed by atoms with Gasteiger partial charge in [0.15, 0.2) is 0 Å². The molecule has 0 amide bonds. The number of ether oxygens (including phenoxy) is 1. The Morgan fingerprint density at radius 2 is 2.21 bits per heavy atom. The summed E-state index contributed by atoms with van der Waals surface area (Å²) < 4.78 is 5.66. The minimum absolute atomic E-state index is 0.0482. The molecule has 2 atom stereocenters. The van der Waals surface area contributed by atoms with Gasteiger partial charge in [-0.3, -0.25) is 4.98 Å². The normalized spacial score (nSPS) is 27.2. The zero-order chi connectivity index (χ0) is 9.80. The molecule has 0 saturated heterocycles. The molecule has 1 aliphatic rings. The third kappa shape index (κ3) is 2.23. The Labute approximate surface area is 83.7 Å². The highest BCUT2D eigenvalue weighted by Gasteiger charge is 2.24. The summed E-state index contributed by atoms with van der Waals surface area (Å²) in [7, 11) is 0. The van der Waals surface area contributed by atoms with Crippen molar-refractivity contribution in [1.29, 1.82) is 0 Å². The lowest BCUT2D eigenvalue weighted by Gasteiger charge is -2.27. The van der Waals surface area contributed by atoms with Gasteiger partial charge in [0.05, 0.1) is 12.3 Å². The highest BCUT2D eigenvalue weighted by Crippen LogP contribution is 2.23. The minimum Gasteiger partial charge on any atom is -0.486 e. The first-order chi connectivity index (χ1) is 6.86. The van der Waals surface area contributed by atoms with Crippen molar-refractivity contribution in [2.45, 2.75) is 37.9 Å². The summed E-state index contributed by atoms with van der Waals surface area (Å²) in [5.41, 5.74) is 0. The summed E-state index contributed by atoms with van der Waals surface area (Å²) in [4.78, 5) is 3.97. The van der Waals surface area contributed by atoms with E-state index in [1.54, 1.807) is 12.4 Å². The first-order valence-electron chi connectivity index (χ1n) is 5.11. The van der Waals surface area contributed by atoms with Gasteiger partial charge in [-0.25, -0.2) is 0 Å². The molecule has 0 aliphatic heterocycles. The summed E-state index contributed by atoms with van der Waals surface area (Å²) in [6.45, 7) is 0. The average molecular weight is 193 g/mol. The predicted octanol–water partition coefficient (Wildman–Crippen LogP) is 1.76. The van der Waals surface area contributed by atoms with Crippen LogP contribution in [0.5, 0.6) is 5.75 Å². The second kappa shape index (κ2) is 4.42. The molecule has 1 heterocycles. The maximum Gasteiger partial charge on any atom is 0.138 e. The number of aliphatic hydroxyl groups excluding tert-OH is 1. The van der Waals surface area contributed by atoms with Crippen molar-refractivity contribution in [3.8, 4) is 5.75 Å². The van der Waals surface area contributed by atoms with Gasteiger partial charge in [0, 0.05) is 6.20 Å². The van der Waals surface area contributed by atoms with Crippen molar-refractivity contribution < 1.29 is 9.84 Å². The van der Waals surface area contributed by atoms with Crippen LogP contribution in [0.2, 0.25) is 0 Å². The van der Waals surface area contributed by atoms with Gasteiger partial charge in [0.25, 0.3) is 0 Å². The largest absolute Gasteiger partial charge is 0.486 e. The van der Waals surface area contributed by atoms with Crippen LogP contribution in [-0.2, 0) is 0 Å². The fourth-order valence-corrected chi connectivity index (χ4v) is 1.81. The summed E-state index contributed by atoms with van der Waals surface area (Å²) in [5, 5.41) is 9.68. The molecule has 1 fully saturated rings. The van der Waals surface area contributed by atoms with E-state index >= 15 is 0 Å². The Kier molecular flexibility index (Phi) is 2.99. The summed E-state index contributed by atoms with van der Waals surface area (Å²) in [5.74, 6) is 0.749. The average Bonchev–Trinajstić information content (AvgIpc) is 2.23. The fourth-order valence-electron chi connectivity index (χ4n) is 1.81. The number of aliphatic hydroxyl groups is 1. The lowest BCUT2D eigenvalue weighted by molar-refractivity contribution is 0.00670. The number of rotatable bonds is 2. The van der Waals surface area contributed by atoms with Gasteiger partial charge in [-0.15, -0.1) is 0 Å². The number of pyridine rings is 1. The van der Waals surface area contributed by atoms with Crippen molar-refractivity contribution in [1.82, 2.24) is 4.98 Å².